The Bertz CT molecular complexity index is 847. The van der Waals surface area contributed by atoms with Crippen molar-refractivity contribution in [3.63, 3.8) is 0 Å². The van der Waals surface area contributed by atoms with E-state index in [-0.39, 0.29) is 11.5 Å². The Labute approximate surface area is 135 Å². The van der Waals surface area contributed by atoms with Crippen molar-refractivity contribution in [2.24, 2.45) is 4.99 Å². The SMILES string of the molecule is CS(=O)(=O)c1ccccc1COc1ncccc1C1=NCCN1. The molecule has 1 aromatic carbocycles. The Balaban J connectivity index is 1.85. The Morgan fingerprint density at radius 1 is 1.22 bits per heavy atom. The normalized spacial score (nSPS) is 14.2. The monoisotopic (exact) mass is 331 g/mol. The molecule has 6 nitrogen and oxygen atoms in total. The number of amidine groups is 1. The van der Waals surface area contributed by atoms with E-state index in [1.807, 2.05) is 12.1 Å². The standard InChI is InChI=1S/C16H17N3O3S/c1-23(20,21)14-7-3-2-5-12(14)11-22-16-13(6-4-8-19-16)15-17-9-10-18-15/h2-8H,9-11H2,1H3,(H,17,18). The lowest BCUT2D eigenvalue weighted by molar-refractivity contribution is 0.290. The number of rotatable bonds is 5. The van der Waals surface area contributed by atoms with Crippen LogP contribution in [0.5, 0.6) is 5.88 Å². The Kier molecular flexibility index (Phi) is 4.29. The first-order chi connectivity index (χ1) is 11.1. The summed E-state index contributed by atoms with van der Waals surface area (Å²) in [4.78, 5) is 8.88. The minimum atomic E-state index is -3.30. The molecule has 1 N–H and O–H groups in total. The van der Waals surface area contributed by atoms with E-state index in [2.05, 4.69) is 15.3 Å². The summed E-state index contributed by atoms with van der Waals surface area (Å²) >= 11 is 0. The van der Waals surface area contributed by atoms with Gasteiger partial charge in [-0.15, -0.1) is 0 Å². The summed E-state index contributed by atoms with van der Waals surface area (Å²) in [7, 11) is -3.30. The van der Waals surface area contributed by atoms with E-state index in [1.54, 1.807) is 30.5 Å². The van der Waals surface area contributed by atoms with Crippen LogP contribution < -0.4 is 10.1 Å². The van der Waals surface area contributed by atoms with Gasteiger partial charge < -0.3 is 10.1 Å². The van der Waals surface area contributed by atoms with E-state index in [0.29, 0.717) is 11.4 Å². The maximum atomic E-state index is 11.8. The molecule has 23 heavy (non-hydrogen) atoms. The summed E-state index contributed by atoms with van der Waals surface area (Å²) in [6.07, 6.45) is 2.83. The molecule has 1 aromatic heterocycles. The van der Waals surface area contributed by atoms with Crippen molar-refractivity contribution in [1.29, 1.82) is 0 Å². The van der Waals surface area contributed by atoms with Gasteiger partial charge in [0.05, 0.1) is 17.0 Å². The highest BCUT2D eigenvalue weighted by Crippen LogP contribution is 2.20. The molecule has 7 heteroatoms. The molecule has 0 aliphatic carbocycles. The van der Waals surface area contributed by atoms with Crippen LogP contribution in [0.1, 0.15) is 11.1 Å². The average Bonchev–Trinajstić information content (AvgIpc) is 3.07. The van der Waals surface area contributed by atoms with Crippen LogP contribution in [0.15, 0.2) is 52.5 Å². The van der Waals surface area contributed by atoms with Crippen molar-refractivity contribution in [2.45, 2.75) is 11.5 Å². The molecule has 0 spiro atoms. The zero-order valence-electron chi connectivity index (χ0n) is 12.7. The second-order valence-electron chi connectivity index (χ2n) is 5.18. The van der Waals surface area contributed by atoms with Crippen molar-refractivity contribution in [3.05, 3.63) is 53.7 Å². The fourth-order valence-electron chi connectivity index (χ4n) is 2.40. The molecular formula is C16H17N3O3S. The zero-order chi connectivity index (χ0) is 16.3. The van der Waals surface area contributed by atoms with E-state index in [1.165, 1.54) is 6.26 Å². The van der Waals surface area contributed by atoms with E-state index >= 15 is 0 Å². The lowest BCUT2D eigenvalue weighted by Crippen LogP contribution is -2.20. The Hall–Kier alpha value is -2.41. The Morgan fingerprint density at radius 2 is 2.04 bits per heavy atom. The largest absolute Gasteiger partial charge is 0.472 e. The number of pyridine rings is 1. The minimum absolute atomic E-state index is 0.126. The van der Waals surface area contributed by atoms with Gasteiger partial charge in [-0.3, -0.25) is 4.99 Å². The van der Waals surface area contributed by atoms with Crippen LogP contribution in [-0.2, 0) is 16.4 Å². The third kappa shape index (κ3) is 3.50. The van der Waals surface area contributed by atoms with Gasteiger partial charge in [0, 0.05) is 24.6 Å². The summed E-state index contributed by atoms with van der Waals surface area (Å²) in [6.45, 7) is 1.64. The predicted octanol–water partition coefficient (Wildman–Crippen LogP) is 1.41. The van der Waals surface area contributed by atoms with Gasteiger partial charge in [0.1, 0.15) is 12.4 Å². The van der Waals surface area contributed by atoms with E-state index < -0.39 is 9.84 Å². The number of hydrogen-bond acceptors (Lipinski definition) is 6. The van der Waals surface area contributed by atoms with Gasteiger partial charge in [0.25, 0.3) is 0 Å². The van der Waals surface area contributed by atoms with Crippen LogP contribution in [0.4, 0.5) is 0 Å². The summed E-state index contributed by atoms with van der Waals surface area (Å²) in [5.41, 5.74) is 1.38. The minimum Gasteiger partial charge on any atom is -0.472 e. The molecular weight excluding hydrogens is 314 g/mol. The smallest absolute Gasteiger partial charge is 0.224 e. The van der Waals surface area contributed by atoms with Crippen LogP contribution in [0.25, 0.3) is 0 Å². The fraction of sp³-hybridized carbons (Fsp3) is 0.250. The number of benzene rings is 1. The van der Waals surface area contributed by atoms with Crippen LogP contribution >= 0.6 is 0 Å². The molecule has 1 aliphatic rings. The molecule has 0 saturated heterocycles. The van der Waals surface area contributed by atoms with Crippen molar-refractivity contribution >= 4 is 15.7 Å². The van der Waals surface area contributed by atoms with Crippen molar-refractivity contribution < 1.29 is 13.2 Å². The first kappa shape index (κ1) is 15.5. The molecule has 0 atom stereocenters. The van der Waals surface area contributed by atoms with Gasteiger partial charge in [-0.25, -0.2) is 13.4 Å². The van der Waals surface area contributed by atoms with E-state index in [0.717, 1.165) is 24.5 Å². The average molecular weight is 331 g/mol. The molecule has 2 heterocycles. The molecule has 0 radical (unpaired) electrons. The molecule has 0 unspecified atom stereocenters. The number of nitrogens with zero attached hydrogens (tertiary/aromatic N) is 2. The van der Waals surface area contributed by atoms with Gasteiger partial charge in [0.15, 0.2) is 9.84 Å². The highest BCUT2D eigenvalue weighted by molar-refractivity contribution is 7.90. The first-order valence-corrected chi connectivity index (χ1v) is 9.09. The highest BCUT2D eigenvalue weighted by atomic mass is 32.2. The second kappa shape index (κ2) is 6.37. The van der Waals surface area contributed by atoms with Crippen LogP contribution in [0.2, 0.25) is 0 Å². The number of aromatic nitrogens is 1. The molecule has 3 rings (SSSR count). The molecule has 1 aliphatic heterocycles. The summed E-state index contributed by atoms with van der Waals surface area (Å²) < 4.78 is 29.5. The van der Waals surface area contributed by atoms with Gasteiger partial charge in [-0.1, -0.05) is 18.2 Å². The topological polar surface area (TPSA) is 80.7 Å². The van der Waals surface area contributed by atoms with Gasteiger partial charge in [0.2, 0.25) is 5.88 Å². The molecule has 2 aromatic rings. The highest BCUT2D eigenvalue weighted by Gasteiger charge is 2.16. The van der Waals surface area contributed by atoms with E-state index in [4.69, 9.17) is 4.74 Å². The first-order valence-electron chi connectivity index (χ1n) is 7.20. The molecule has 0 amide bonds. The maximum absolute atomic E-state index is 11.8. The van der Waals surface area contributed by atoms with Crippen molar-refractivity contribution in [3.8, 4) is 5.88 Å². The number of sulfone groups is 1. The molecule has 120 valence electrons. The van der Waals surface area contributed by atoms with E-state index in [9.17, 15) is 8.42 Å². The predicted molar refractivity (Wildman–Crippen MR) is 87.5 cm³/mol. The number of ether oxygens (including phenoxy) is 1. The lowest BCUT2D eigenvalue weighted by Gasteiger charge is -2.12. The van der Waals surface area contributed by atoms with Crippen LogP contribution in [0, 0.1) is 0 Å². The van der Waals surface area contributed by atoms with Crippen LogP contribution in [-0.4, -0.2) is 38.6 Å². The second-order valence-corrected chi connectivity index (χ2v) is 7.17. The third-order valence-electron chi connectivity index (χ3n) is 3.44. The zero-order valence-corrected chi connectivity index (χ0v) is 13.5. The third-order valence-corrected chi connectivity index (χ3v) is 4.63. The summed E-state index contributed by atoms with van der Waals surface area (Å²) in [5, 5.41) is 3.18. The molecule has 0 saturated carbocycles. The maximum Gasteiger partial charge on any atom is 0.224 e. The lowest BCUT2D eigenvalue weighted by atomic mass is 10.2. The molecule has 0 bridgehead atoms. The van der Waals surface area contributed by atoms with Crippen molar-refractivity contribution in [2.75, 3.05) is 19.3 Å². The van der Waals surface area contributed by atoms with Gasteiger partial charge >= 0.3 is 0 Å². The number of aliphatic imine (C=N–C) groups is 1. The van der Waals surface area contributed by atoms with Crippen LogP contribution in [0.3, 0.4) is 0 Å². The number of nitrogens with one attached hydrogen (secondary N) is 1. The summed E-state index contributed by atoms with van der Waals surface area (Å²) in [6, 6.07) is 10.5. The Morgan fingerprint density at radius 3 is 2.78 bits per heavy atom. The van der Waals surface area contributed by atoms with Crippen molar-refractivity contribution in [1.82, 2.24) is 10.3 Å². The molecule has 0 fully saturated rings. The van der Waals surface area contributed by atoms with Gasteiger partial charge in [-0.05, 0) is 18.2 Å². The summed E-state index contributed by atoms with van der Waals surface area (Å²) in [5.74, 6) is 1.19. The fourth-order valence-corrected chi connectivity index (χ4v) is 3.32. The quantitative estimate of drug-likeness (QED) is 0.896. The number of hydrogen-bond donors (Lipinski definition) is 1. The van der Waals surface area contributed by atoms with Gasteiger partial charge in [-0.2, -0.15) is 0 Å².